The lowest BCUT2D eigenvalue weighted by molar-refractivity contribution is -0.139. The summed E-state index contributed by atoms with van der Waals surface area (Å²) in [7, 11) is 1.59. The Kier molecular flexibility index (Phi) is 6.29. The predicted molar refractivity (Wildman–Crippen MR) is 90.1 cm³/mol. The lowest BCUT2D eigenvalue weighted by Gasteiger charge is -2.10. The van der Waals surface area contributed by atoms with Crippen LogP contribution in [0.25, 0.3) is 11.4 Å². The highest BCUT2D eigenvalue weighted by atomic mass is 35.5. The number of ether oxygens (including phenoxy) is 2. The van der Waals surface area contributed by atoms with Gasteiger partial charge in [0.15, 0.2) is 11.0 Å². The first-order chi connectivity index (χ1) is 11.1. The van der Waals surface area contributed by atoms with Gasteiger partial charge in [-0.05, 0) is 32.0 Å². The van der Waals surface area contributed by atoms with Gasteiger partial charge in [0, 0.05) is 11.6 Å². The average Bonchev–Trinajstić information content (AvgIpc) is 2.95. The summed E-state index contributed by atoms with van der Waals surface area (Å²) < 4.78 is 12.2. The van der Waals surface area contributed by atoms with Crippen LogP contribution in [0.15, 0.2) is 23.4 Å². The summed E-state index contributed by atoms with van der Waals surface area (Å²) >= 11 is 7.38. The number of hydrogen-bond donors (Lipinski definition) is 0. The van der Waals surface area contributed by atoms with Crippen molar-refractivity contribution in [3.63, 3.8) is 0 Å². The number of esters is 1. The first kappa shape index (κ1) is 17.6. The van der Waals surface area contributed by atoms with Gasteiger partial charge in [-0.15, -0.1) is 10.2 Å². The van der Waals surface area contributed by atoms with Crippen molar-refractivity contribution in [1.29, 1.82) is 0 Å². The van der Waals surface area contributed by atoms with E-state index in [0.29, 0.717) is 34.9 Å². The van der Waals surface area contributed by atoms with E-state index in [1.807, 2.05) is 11.5 Å². The van der Waals surface area contributed by atoms with Crippen LogP contribution in [0.5, 0.6) is 5.75 Å². The highest BCUT2D eigenvalue weighted by Gasteiger charge is 2.18. The average molecular weight is 356 g/mol. The Balaban J connectivity index is 2.31. The fourth-order valence-corrected chi connectivity index (χ4v) is 3.03. The van der Waals surface area contributed by atoms with E-state index < -0.39 is 0 Å². The van der Waals surface area contributed by atoms with E-state index in [0.717, 1.165) is 5.56 Å². The maximum Gasteiger partial charge on any atom is 0.316 e. The van der Waals surface area contributed by atoms with Crippen molar-refractivity contribution in [3.05, 3.63) is 23.2 Å². The van der Waals surface area contributed by atoms with E-state index in [1.165, 1.54) is 11.8 Å². The molecule has 0 unspecified atom stereocenters. The Labute approximate surface area is 144 Å². The second-order valence-electron chi connectivity index (χ2n) is 4.49. The molecule has 6 nitrogen and oxygen atoms in total. The smallest absolute Gasteiger partial charge is 0.316 e. The highest BCUT2D eigenvalue weighted by Crippen LogP contribution is 2.33. The molecule has 1 heterocycles. The standard InChI is InChI=1S/C15H18ClN3O3S/c1-4-19-14(11-8-10(16)6-7-12(11)21-3)17-18-15(19)23-9-13(20)22-5-2/h6-8H,4-5,9H2,1-3H3. The number of benzene rings is 1. The van der Waals surface area contributed by atoms with E-state index in [1.54, 1.807) is 32.2 Å². The molecule has 0 bridgehead atoms. The number of methoxy groups -OCH3 is 1. The zero-order chi connectivity index (χ0) is 16.8. The van der Waals surface area contributed by atoms with Crippen molar-refractivity contribution in [3.8, 4) is 17.1 Å². The topological polar surface area (TPSA) is 66.2 Å². The summed E-state index contributed by atoms with van der Waals surface area (Å²) in [6.45, 7) is 4.78. The van der Waals surface area contributed by atoms with Gasteiger partial charge in [-0.25, -0.2) is 0 Å². The van der Waals surface area contributed by atoms with Crippen LogP contribution in [0.2, 0.25) is 5.02 Å². The first-order valence-corrected chi connectivity index (χ1v) is 8.52. The largest absolute Gasteiger partial charge is 0.496 e. The van der Waals surface area contributed by atoms with Crippen LogP contribution in [0.4, 0.5) is 0 Å². The van der Waals surface area contributed by atoms with Gasteiger partial charge in [0.1, 0.15) is 5.75 Å². The molecule has 2 aromatic rings. The van der Waals surface area contributed by atoms with Crippen LogP contribution in [0.3, 0.4) is 0 Å². The molecular weight excluding hydrogens is 338 g/mol. The van der Waals surface area contributed by atoms with Crippen LogP contribution in [0.1, 0.15) is 13.8 Å². The quantitative estimate of drug-likeness (QED) is 0.561. The van der Waals surface area contributed by atoms with Crippen molar-refractivity contribution in [2.45, 2.75) is 25.5 Å². The molecule has 1 aromatic heterocycles. The Bertz CT molecular complexity index is 691. The zero-order valence-corrected chi connectivity index (χ0v) is 14.8. The molecule has 0 atom stereocenters. The molecular formula is C15H18ClN3O3S. The Hall–Kier alpha value is -1.73. The number of thioether (sulfide) groups is 1. The summed E-state index contributed by atoms with van der Waals surface area (Å²) in [5.41, 5.74) is 0.761. The van der Waals surface area contributed by atoms with Crippen molar-refractivity contribution < 1.29 is 14.3 Å². The normalized spacial score (nSPS) is 10.6. The van der Waals surface area contributed by atoms with Gasteiger partial charge in [-0.2, -0.15) is 0 Å². The van der Waals surface area contributed by atoms with Crippen LogP contribution >= 0.6 is 23.4 Å². The molecule has 0 radical (unpaired) electrons. The van der Waals surface area contributed by atoms with Crippen LogP contribution in [0, 0.1) is 0 Å². The molecule has 0 aliphatic heterocycles. The summed E-state index contributed by atoms with van der Waals surface area (Å²) in [4.78, 5) is 11.5. The maximum absolute atomic E-state index is 11.5. The second-order valence-corrected chi connectivity index (χ2v) is 5.87. The van der Waals surface area contributed by atoms with Gasteiger partial charge in [0.25, 0.3) is 0 Å². The molecule has 0 saturated heterocycles. The van der Waals surface area contributed by atoms with Gasteiger partial charge in [-0.3, -0.25) is 4.79 Å². The number of carbonyl (C=O) groups excluding carboxylic acids is 1. The SMILES string of the molecule is CCOC(=O)CSc1nnc(-c2cc(Cl)ccc2OC)n1CC. The van der Waals surface area contributed by atoms with Crippen LogP contribution in [-0.2, 0) is 16.1 Å². The van der Waals surface area contributed by atoms with Gasteiger partial charge in [-0.1, -0.05) is 23.4 Å². The fourth-order valence-electron chi connectivity index (χ4n) is 2.06. The highest BCUT2D eigenvalue weighted by molar-refractivity contribution is 7.99. The number of nitrogens with zero attached hydrogens (tertiary/aromatic N) is 3. The van der Waals surface area contributed by atoms with Gasteiger partial charge < -0.3 is 14.0 Å². The van der Waals surface area contributed by atoms with Crippen molar-refractivity contribution >= 4 is 29.3 Å². The third-order valence-corrected chi connectivity index (χ3v) is 4.24. The lowest BCUT2D eigenvalue weighted by Crippen LogP contribution is -2.08. The molecule has 2 rings (SSSR count). The van der Waals surface area contributed by atoms with Gasteiger partial charge >= 0.3 is 5.97 Å². The third-order valence-electron chi connectivity index (χ3n) is 3.06. The van der Waals surface area contributed by atoms with E-state index in [2.05, 4.69) is 10.2 Å². The minimum absolute atomic E-state index is 0.193. The van der Waals surface area contributed by atoms with Crippen molar-refractivity contribution in [2.24, 2.45) is 0 Å². The summed E-state index contributed by atoms with van der Waals surface area (Å²) in [5, 5.41) is 9.64. The zero-order valence-electron chi connectivity index (χ0n) is 13.2. The van der Waals surface area contributed by atoms with E-state index in [9.17, 15) is 4.79 Å². The molecule has 0 fully saturated rings. The molecule has 0 aliphatic rings. The minimum Gasteiger partial charge on any atom is -0.496 e. The third kappa shape index (κ3) is 4.17. The van der Waals surface area contributed by atoms with E-state index in [4.69, 9.17) is 21.1 Å². The van der Waals surface area contributed by atoms with E-state index >= 15 is 0 Å². The molecule has 8 heteroatoms. The number of halogens is 1. The summed E-state index contributed by atoms with van der Waals surface area (Å²) in [6.07, 6.45) is 0. The fraction of sp³-hybridized carbons (Fsp3) is 0.400. The van der Waals surface area contributed by atoms with Gasteiger partial charge in [0.05, 0.1) is 25.0 Å². The maximum atomic E-state index is 11.5. The van der Waals surface area contributed by atoms with Crippen molar-refractivity contribution in [1.82, 2.24) is 14.8 Å². The number of rotatable bonds is 7. The van der Waals surface area contributed by atoms with Crippen LogP contribution in [-0.4, -0.2) is 40.2 Å². The molecule has 1 aromatic carbocycles. The molecule has 0 aliphatic carbocycles. The summed E-state index contributed by atoms with van der Waals surface area (Å²) in [5.74, 6) is 1.24. The Morgan fingerprint density at radius 1 is 1.35 bits per heavy atom. The monoisotopic (exact) mass is 355 g/mol. The Morgan fingerprint density at radius 3 is 2.78 bits per heavy atom. The van der Waals surface area contributed by atoms with Crippen LogP contribution < -0.4 is 4.74 Å². The molecule has 0 spiro atoms. The minimum atomic E-state index is -0.273. The Morgan fingerprint density at radius 2 is 2.13 bits per heavy atom. The van der Waals surface area contributed by atoms with Gasteiger partial charge in [0.2, 0.25) is 0 Å². The molecule has 0 saturated carbocycles. The molecule has 124 valence electrons. The summed E-state index contributed by atoms with van der Waals surface area (Å²) in [6, 6.07) is 5.33. The lowest BCUT2D eigenvalue weighted by atomic mass is 10.2. The number of hydrogen-bond acceptors (Lipinski definition) is 6. The predicted octanol–water partition coefficient (Wildman–Crippen LogP) is 3.28. The first-order valence-electron chi connectivity index (χ1n) is 7.16. The van der Waals surface area contributed by atoms with Crippen molar-refractivity contribution in [2.75, 3.05) is 19.5 Å². The molecule has 23 heavy (non-hydrogen) atoms. The second kappa shape index (κ2) is 8.21. The number of carbonyl (C=O) groups is 1. The van der Waals surface area contributed by atoms with E-state index in [-0.39, 0.29) is 11.7 Å². The molecule has 0 N–H and O–H groups in total. The molecule has 0 amide bonds. The number of aromatic nitrogens is 3.